The molecule has 1 unspecified atom stereocenters. The van der Waals surface area contributed by atoms with Gasteiger partial charge in [0.15, 0.2) is 0 Å². The van der Waals surface area contributed by atoms with Crippen LogP contribution in [0.3, 0.4) is 0 Å². The first kappa shape index (κ1) is 26.7. The summed E-state index contributed by atoms with van der Waals surface area (Å²) < 4.78 is 41.2. The number of aromatic nitrogens is 3. The van der Waals surface area contributed by atoms with Gasteiger partial charge >= 0.3 is 6.18 Å². The summed E-state index contributed by atoms with van der Waals surface area (Å²) in [5.41, 5.74) is 7.95. The van der Waals surface area contributed by atoms with Gasteiger partial charge in [0.05, 0.1) is 17.2 Å². The Balaban J connectivity index is 1.52. The monoisotopic (exact) mass is 511 g/mol. The van der Waals surface area contributed by atoms with Gasteiger partial charge in [-0.05, 0) is 75.5 Å². The number of hydrogen-bond acceptors (Lipinski definition) is 5. The van der Waals surface area contributed by atoms with Crippen molar-refractivity contribution < 1.29 is 18.0 Å². The highest BCUT2D eigenvalue weighted by atomic mass is 19.4. The zero-order chi connectivity index (χ0) is 26.6. The van der Waals surface area contributed by atoms with Gasteiger partial charge in [-0.1, -0.05) is 30.3 Å². The molecule has 1 atom stereocenters. The number of aryl methyl sites for hydroxylation is 2. The molecule has 4 rings (SSSR count). The highest BCUT2D eigenvalue weighted by Crippen LogP contribution is 2.32. The molecule has 1 aliphatic heterocycles. The first-order valence-electron chi connectivity index (χ1n) is 12.5. The van der Waals surface area contributed by atoms with Crippen LogP contribution in [0.5, 0.6) is 0 Å². The summed E-state index contributed by atoms with van der Waals surface area (Å²) in [4.78, 5) is 27.0. The Morgan fingerprint density at radius 3 is 2.46 bits per heavy atom. The van der Waals surface area contributed by atoms with Crippen LogP contribution in [0.25, 0.3) is 0 Å². The molecule has 0 aliphatic carbocycles. The molecule has 196 valence electrons. The van der Waals surface area contributed by atoms with E-state index in [1.807, 2.05) is 18.2 Å². The number of rotatable bonds is 8. The fourth-order valence-corrected chi connectivity index (χ4v) is 4.83. The molecule has 9 heteroatoms. The lowest BCUT2D eigenvalue weighted by Gasteiger charge is -2.28. The molecule has 2 N–H and O–H groups in total. The number of alkyl halides is 3. The second kappa shape index (κ2) is 11.4. The number of carbonyl (C=O) groups excluding carboxylic acids is 1. The van der Waals surface area contributed by atoms with Crippen LogP contribution >= 0.6 is 0 Å². The van der Waals surface area contributed by atoms with E-state index in [0.29, 0.717) is 30.1 Å². The summed E-state index contributed by atoms with van der Waals surface area (Å²) in [6, 6.07) is 11.1. The van der Waals surface area contributed by atoms with Gasteiger partial charge in [-0.15, -0.1) is 0 Å². The van der Waals surface area contributed by atoms with E-state index in [9.17, 15) is 18.0 Å². The molecule has 0 spiro atoms. The first-order chi connectivity index (χ1) is 17.6. The van der Waals surface area contributed by atoms with Crippen LogP contribution in [-0.4, -0.2) is 45.9 Å². The van der Waals surface area contributed by atoms with Gasteiger partial charge in [-0.3, -0.25) is 9.78 Å². The van der Waals surface area contributed by atoms with Crippen molar-refractivity contribution in [1.29, 1.82) is 0 Å². The van der Waals surface area contributed by atoms with E-state index in [2.05, 4.69) is 26.9 Å². The summed E-state index contributed by atoms with van der Waals surface area (Å²) in [6.07, 6.45) is 0.851. The molecule has 1 saturated heterocycles. The minimum atomic E-state index is -4.56. The molecule has 1 aliphatic rings. The summed E-state index contributed by atoms with van der Waals surface area (Å²) in [6.45, 7) is 3.78. The van der Waals surface area contributed by atoms with E-state index in [-0.39, 0.29) is 12.1 Å². The average molecular weight is 512 g/mol. The molecule has 1 fully saturated rings. The predicted molar refractivity (Wildman–Crippen MR) is 135 cm³/mol. The van der Waals surface area contributed by atoms with Crippen LogP contribution in [0.2, 0.25) is 0 Å². The summed E-state index contributed by atoms with van der Waals surface area (Å²) in [7, 11) is 2.12. The lowest BCUT2D eigenvalue weighted by molar-refractivity contribution is -0.138. The fourth-order valence-electron chi connectivity index (χ4n) is 4.83. The van der Waals surface area contributed by atoms with Crippen molar-refractivity contribution in [3.8, 4) is 0 Å². The minimum Gasteiger partial charge on any atom is -0.369 e. The van der Waals surface area contributed by atoms with Crippen LogP contribution in [0, 0.1) is 0 Å². The lowest BCUT2D eigenvalue weighted by Crippen LogP contribution is -2.29. The molecule has 1 aromatic carbocycles. The van der Waals surface area contributed by atoms with Crippen molar-refractivity contribution in [3.63, 3.8) is 0 Å². The molecular formula is C28H32F3N5O. The number of amides is 1. The molecular weight excluding hydrogens is 479 g/mol. The molecule has 2 aromatic heterocycles. The molecule has 3 heterocycles. The van der Waals surface area contributed by atoms with Gasteiger partial charge in [0, 0.05) is 30.4 Å². The first-order valence-corrected chi connectivity index (χ1v) is 12.5. The fraction of sp³-hybridized carbons (Fsp3) is 0.429. The quantitative estimate of drug-likeness (QED) is 0.475. The van der Waals surface area contributed by atoms with Gasteiger partial charge in [0.1, 0.15) is 5.82 Å². The number of primary amides is 1. The van der Waals surface area contributed by atoms with E-state index in [1.165, 1.54) is 0 Å². The largest absolute Gasteiger partial charge is 0.419 e. The molecule has 0 radical (unpaired) electrons. The number of nitrogens with zero attached hydrogens (tertiary/aromatic N) is 4. The summed E-state index contributed by atoms with van der Waals surface area (Å²) in [5, 5.41) is 0. The lowest BCUT2D eigenvalue weighted by atomic mass is 9.92. The van der Waals surface area contributed by atoms with E-state index in [4.69, 9.17) is 5.73 Å². The van der Waals surface area contributed by atoms with Gasteiger partial charge in [0.2, 0.25) is 5.91 Å². The number of piperidine rings is 1. The van der Waals surface area contributed by atoms with E-state index < -0.39 is 23.6 Å². The maximum absolute atomic E-state index is 13.7. The zero-order valence-corrected chi connectivity index (χ0v) is 21.1. The minimum absolute atomic E-state index is 0.0557. The van der Waals surface area contributed by atoms with Crippen molar-refractivity contribution >= 4 is 5.91 Å². The molecule has 6 nitrogen and oxygen atoms in total. The Bertz CT molecular complexity index is 1220. The van der Waals surface area contributed by atoms with Gasteiger partial charge < -0.3 is 10.6 Å². The van der Waals surface area contributed by atoms with Gasteiger partial charge in [-0.2, -0.15) is 13.2 Å². The van der Waals surface area contributed by atoms with Crippen LogP contribution in [0.4, 0.5) is 13.2 Å². The number of nitrogens with two attached hydrogens (primary N) is 1. The Kier molecular flexibility index (Phi) is 8.22. The standard InChI is InChI=1S/C28H32F3N5O/c1-18(27(32)37)22-6-4-3-5-20(22)8-10-25-23(28(29,30)31)17-34-26(35-25)15-19-7-9-24(33-16-19)21-11-13-36(2)14-12-21/h3-7,9,16-18,21H,8,10-15H2,1-2H3,(H2,32,37). The van der Waals surface area contributed by atoms with Gasteiger partial charge in [-0.25, -0.2) is 9.97 Å². The molecule has 1 amide bonds. The number of pyridine rings is 1. The van der Waals surface area contributed by atoms with E-state index in [0.717, 1.165) is 48.9 Å². The Morgan fingerprint density at radius 2 is 1.81 bits per heavy atom. The predicted octanol–water partition coefficient (Wildman–Crippen LogP) is 4.66. The van der Waals surface area contributed by atoms with Crippen molar-refractivity contribution in [3.05, 3.63) is 88.3 Å². The van der Waals surface area contributed by atoms with Crippen LogP contribution in [0.1, 0.15) is 71.1 Å². The molecule has 37 heavy (non-hydrogen) atoms. The third-order valence-corrected chi connectivity index (χ3v) is 7.15. The summed E-state index contributed by atoms with van der Waals surface area (Å²) >= 11 is 0. The Hall–Kier alpha value is -3.33. The van der Waals surface area contributed by atoms with Crippen LogP contribution in [-0.2, 0) is 30.2 Å². The van der Waals surface area contributed by atoms with Crippen molar-refractivity contribution in [2.75, 3.05) is 20.1 Å². The topological polar surface area (TPSA) is 85.0 Å². The number of likely N-dealkylation sites (tertiary alicyclic amines) is 1. The number of benzene rings is 1. The molecule has 0 bridgehead atoms. The van der Waals surface area contributed by atoms with Crippen molar-refractivity contribution in [2.24, 2.45) is 5.73 Å². The molecule has 0 saturated carbocycles. The second-order valence-electron chi connectivity index (χ2n) is 9.81. The SMILES string of the molecule is CC(C(N)=O)c1ccccc1CCc1nc(Cc2ccc(C3CCN(C)CC3)nc2)ncc1C(F)(F)F. The third kappa shape index (κ3) is 6.71. The van der Waals surface area contributed by atoms with E-state index >= 15 is 0 Å². The second-order valence-corrected chi connectivity index (χ2v) is 9.81. The highest BCUT2D eigenvalue weighted by Gasteiger charge is 2.35. The van der Waals surface area contributed by atoms with Crippen LogP contribution < -0.4 is 5.73 Å². The van der Waals surface area contributed by atoms with Crippen LogP contribution in [0.15, 0.2) is 48.8 Å². The smallest absolute Gasteiger partial charge is 0.369 e. The average Bonchev–Trinajstić information content (AvgIpc) is 2.87. The number of carbonyl (C=O) groups is 1. The van der Waals surface area contributed by atoms with Gasteiger partial charge in [0.25, 0.3) is 0 Å². The van der Waals surface area contributed by atoms with Crippen molar-refractivity contribution in [2.45, 2.75) is 57.0 Å². The normalized spacial score (nSPS) is 16.0. The summed E-state index contributed by atoms with van der Waals surface area (Å²) in [5.74, 6) is -0.276. The third-order valence-electron chi connectivity index (χ3n) is 7.15. The highest BCUT2D eigenvalue weighted by molar-refractivity contribution is 5.81. The molecule has 3 aromatic rings. The maximum atomic E-state index is 13.7. The zero-order valence-electron chi connectivity index (χ0n) is 21.1. The maximum Gasteiger partial charge on any atom is 0.419 e. The number of hydrogen-bond donors (Lipinski definition) is 1. The Morgan fingerprint density at radius 1 is 1.08 bits per heavy atom. The van der Waals surface area contributed by atoms with E-state index in [1.54, 1.807) is 31.3 Å². The number of halogens is 3. The van der Waals surface area contributed by atoms with Crippen molar-refractivity contribution in [1.82, 2.24) is 19.9 Å². The Labute approximate surface area is 215 Å².